The molecule has 2 aromatic rings. The van der Waals surface area contributed by atoms with Gasteiger partial charge < -0.3 is 19.2 Å². The van der Waals surface area contributed by atoms with Crippen molar-refractivity contribution < 1.29 is 9.21 Å². The van der Waals surface area contributed by atoms with Crippen molar-refractivity contribution in [2.75, 3.05) is 20.1 Å². The summed E-state index contributed by atoms with van der Waals surface area (Å²) >= 11 is 0. The predicted octanol–water partition coefficient (Wildman–Crippen LogP) is 2.28. The molecule has 0 aliphatic carbocycles. The lowest BCUT2D eigenvalue weighted by atomic mass is 10.1. The third kappa shape index (κ3) is 3.03. The molecule has 3 heterocycles. The van der Waals surface area contributed by atoms with E-state index < -0.39 is 0 Å². The monoisotopic (exact) mass is 287 g/mol. The molecule has 5 heteroatoms. The molecule has 0 atom stereocenters. The summed E-state index contributed by atoms with van der Waals surface area (Å²) in [6.45, 7) is 2.51. The number of nitrogens with zero attached hydrogens (tertiary/aromatic N) is 2. The van der Waals surface area contributed by atoms with Gasteiger partial charge in [-0.3, -0.25) is 4.79 Å². The number of furan rings is 1. The number of rotatable bonds is 4. The van der Waals surface area contributed by atoms with Gasteiger partial charge in [-0.25, -0.2) is 0 Å². The standard InChI is InChI=1S/C16H21N3O2/c1-18(12-14-4-3-11-21-14)16(20)15-5-2-10-19(15)13-6-8-17-9-7-13/h2-5,10-11,13,17H,6-9,12H2,1H3. The molecule has 0 spiro atoms. The van der Waals surface area contributed by atoms with Gasteiger partial charge >= 0.3 is 0 Å². The minimum Gasteiger partial charge on any atom is -0.467 e. The van der Waals surface area contributed by atoms with E-state index in [1.54, 1.807) is 11.2 Å². The summed E-state index contributed by atoms with van der Waals surface area (Å²) in [5.41, 5.74) is 0.760. The van der Waals surface area contributed by atoms with Crippen molar-refractivity contribution in [1.82, 2.24) is 14.8 Å². The molecule has 0 bridgehead atoms. The van der Waals surface area contributed by atoms with Gasteiger partial charge in [-0.05, 0) is 50.2 Å². The topological polar surface area (TPSA) is 50.4 Å². The molecule has 0 saturated carbocycles. The number of carbonyl (C=O) groups excluding carboxylic acids is 1. The minimum atomic E-state index is 0.0370. The highest BCUT2D eigenvalue weighted by Gasteiger charge is 2.22. The zero-order valence-electron chi connectivity index (χ0n) is 12.3. The first-order valence-corrected chi connectivity index (χ1v) is 7.41. The van der Waals surface area contributed by atoms with Gasteiger partial charge in [-0.2, -0.15) is 0 Å². The molecule has 1 saturated heterocycles. The van der Waals surface area contributed by atoms with E-state index in [0.29, 0.717) is 12.6 Å². The number of piperidine rings is 1. The summed E-state index contributed by atoms with van der Waals surface area (Å²) < 4.78 is 7.44. The molecule has 1 N–H and O–H groups in total. The Hall–Kier alpha value is -2.01. The highest BCUT2D eigenvalue weighted by molar-refractivity contribution is 5.92. The molecule has 0 unspecified atom stereocenters. The van der Waals surface area contributed by atoms with Crippen molar-refractivity contribution >= 4 is 5.91 Å². The van der Waals surface area contributed by atoms with E-state index in [9.17, 15) is 4.79 Å². The first-order chi connectivity index (χ1) is 10.3. The van der Waals surface area contributed by atoms with E-state index in [2.05, 4.69) is 9.88 Å². The number of hydrogen-bond donors (Lipinski definition) is 1. The van der Waals surface area contributed by atoms with Gasteiger partial charge in [0.15, 0.2) is 0 Å². The second-order valence-corrected chi connectivity index (χ2v) is 5.52. The van der Waals surface area contributed by atoms with Gasteiger partial charge in [0.1, 0.15) is 11.5 Å². The second kappa shape index (κ2) is 6.18. The van der Waals surface area contributed by atoms with Crippen LogP contribution in [0, 0.1) is 0 Å². The quantitative estimate of drug-likeness (QED) is 0.938. The van der Waals surface area contributed by atoms with Gasteiger partial charge in [0, 0.05) is 19.3 Å². The SMILES string of the molecule is CN(Cc1ccco1)C(=O)c1cccn1C1CCNCC1. The largest absolute Gasteiger partial charge is 0.467 e. The Labute approximate surface area is 124 Å². The highest BCUT2D eigenvalue weighted by Crippen LogP contribution is 2.22. The van der Waals surface area contributed by atoms with Crippen LogP contribution in [0.3, 0.4) is 0 Å². The molecule has 5 nitrogen and oxygen atoms in total. The van der Waals surface area contributed by atoms with Gasteiger partial charge in [-0.15, -0.1) is 0 Å². The molecule has 0 aromatic carbocycles. The first kappa shape index (κ1) is 13.9. The Kier molecular flexibility index (Phi) is 4.10. The van der Waals surface area contributed by atoms with Crippen molar-refractivity contribution in [3.05, 3.63) is 48.2 Å². The normalized spacial score (nSPS) is 16.0. The van der Waals surface area contributed by atoms with Crippen LogP contribution < -0.4 is 5.32 Å². The fourth-order valence-electron chi connectivity index (χ4n) is 2.88. The summed E-state index contributed by atoms with van der Waals surface area (Å²) in [6, 6.07) is 8.00. The lowest BCUT2D eigenvalue weighted by molar-refractivity contribution is 0.0761. The Morgan fingerprint density at radius 1 is 1.38 bits per heavy atom. The fourth-order valence-corrected chi connectivity index (χ4v) is 2.88. The highest BCUT2D eigenvalue weighted by atomic mass is 16.3. The predicted molar refractivity (Wildman–Crippen MR) is 80.1 cm³/mol. The van der Waals surface area contributed by atoms with Crippen molar-refractivity contribution in [2.24, 2.45) is 0 Å². The van der Waals surface area contributed by atoms with Crippen molar-refractivity contribution in [3.8, 4) is 0 Å². The van der Waals surface area contributed by atoms with Crippen molar-refractivity contribution in [2.45, 2.75) is 25.4 Å². The molecule has 3 rings (SSSR count). The molecule has 112 valence electrons. The number of amides is 1. The molecule has 21 heavy (non-hydrogen) atoms. The van der Waals surface area contributed by atoms with Crippen LogP contribution in [0.15, 0.2) is 41.1 Å². The zero-order chi connectivity index (χ0) is 14.7. The van der Waals surface area contributed by atoms with E-state index in [0.717, 1.165) is 37.4 Å². The zero-order valence-corrected chi connectivity index (χ0v) is 12.3. The second-order valence-electron chi connectivity index (χ2n) is 5.52. The maximum atomic E-state index is 12.6. The summed E-state index contributed by atoms with van der Waals surface area (Å²) in [4.78, 5) is 14.3. The number of hydrogen-bond acceptors (Lipinski definition) is 3. The van der Waals surface area contributed by atoms with Crippen LogP contribution in [-0.4, -0.2) is 35.5 Å². The summed E-state index contributed by atoms with van der Waals surface area (Å²) in [7, 11) is 1.81. The molecule has 0 radical (unpaired) electrons. The van der Waals surface area contributed by atoms with E-state index in [4.69, 9.17) is 4.42 Å². The number of carbonyl (C=O) groups is 1. The number of aromatic nitrogens is 1. The van der Waals surface area contributed by atoms with Crippen molar-refractivity contribution in [1.29, 1.82) is 0 Å². The number of nitrogens with one attached hydrogen (secondary N) is 1. The maximum absolute atomic E-state index is 12.6. The molecule has 1 amide bonds. The molecule has 1 aliphatic rings. The Morgan fingerprint density at radius 2 is 2.19 bits per heavy atom. The summed E-state index contributed by atoms with van der Waals surface area (Å²) in [6.07, 6.45) is 5.78. The average molecular weight is 287 g/mol. The Balaban J connectivity index is 1.73. The molecular weight excluding hydrogens is 266 g/mol. The fraction of sp³-hybridized carbons (Fsp3) is 0.438. The average Bonchev–Trinajstić information content (AvgIpc) is 3.18. The van der Waals surface area contributed by atoms with Gasteiger partial charge in [0.2, 0.25) is 0 Å². The van der Waals surface area contributed by atoms with Crippen molar-refractivity contribution in [3.63, 3.8) is 0 Å². The van der Waals surface area contributed by atoms with Gasteiger partial charge in [0.25, 0.3) is 5.91 Å². The van der Waals surface area contributed by atoms with Crippen LogP contribution in [0.2, 0.25) is 0 Å². The Morgan fingerprint density at radius 3 is 2.90 bits per heavy atom. The van der Waals surface area contributed by atoms with E-state index in [1.807, 2.05) is 37.5 Å². The molecular formula is C16H21N3O2. The Bertz CT molecular complexity index is 582. The maximum Gasteiger partial charge on any atom is 0.270 e. The third-order valence-corrected chi connectivity index (χ3v) is 4.02. The molecule has 1 aliphatic heterocycles. The molecule has 2 aromatic heterocycles. The van der Waals surface area contributed by atoms with Crippen LogP contribution in [-0.2, 0) is 6.54 Å². The van der Waals surface area contributed by atoms with Crippen LogP contribution >= 0.6 is 0 Å². The lowest BCUT2D eigenvalue weighted by Crippen LogP contribution is -2.33. The third-order valence-electron chi connectivity index (χ3n) is 4.02. The van der Waals surface area contributed by atoms with E-state index >= 15 is 0 Å². The van der Waals surface area contributed by atoms with E-state index in [-0.39, 0.29) is 5.91 Å². The molecule has 1 fully saturated rings. The smallest absolute Gasteiger partial charge is 0.270 e. The van der Waals surface area contributed by atoms with Gasteiger partial charge in [0.05, 0.1) is 12.8 Å². The van der Waals surface area contributed by atoms with Crippen LogP contribution in [0.1, 0.15) is 35.1 Å². The summed E-state index contributed by atoms with van der Waals surface area (Å²) in [5.74, 6) is 0.834. The van der Waals surface area contributed by atoms with E-state index in [1.165, 1.54) is 0 Å². The minimum absolute atomic E-state index is 0.0370. The van der Waals surface area contributed by atoms with Crippen LogP contribution in [0.4, 0.5) is 0 Å². The van der Waals surface area contributed by atoms with Gasteiger partial charge in [-0.1, -0.05) is 0 Å². The summed E-state index contributed by atoms with van der Waals surface area (Å²) in [5, 5.41) is 3.36. The van der Waals surface area contributed by atoms with Crippen LogP contribution in [0.5, 0.6) is 0 Å². The van der Waals surface area contributed by atoms with Crippen LogP contribution in [0.25, 0.3) is 0 Å². The lowest BCUT2D eigenvalue weighted by Gasteiger charge is -2.27. The first-order valence-electron chi connectivity index (χ1n) is 7.41.